The molecular weight excluding hydrogens is 286 g/mol. The quantitative estimate of drug-likeness (QED) is 0.579. The fourth-order valence-corrected chi connectivity index (χ4v) is 2.75. The molecule has 92 valence electrons. The summed E-state index contributed by atoms with van der Waals surface area (Å²) in [6.45, 7) is 0. The van der Waals surface area contributed by atoms with Gasteiger partial charge in [0, 0.05) is 10.9 Å². The van der Waals surface area contributed by atoms with Crippen LogP contribution in [0.4, 0.5) is 0 Å². The second-order valence-electron chi connectivity index (χ2n) is 4.23. The van der Waals surface area contributed by atoms with Crippen LogP contribution in [0.2, 0.25) is 0 Å². The average Bonchev–Trinajstić information content (AvgIpc) is 2.68. The molecule has 2 rings (SSSR count). The summed E-state index contributed by atoms with van der Waals surface area (Å²) in [6, 6.07) is 4.01. The van der Waals surface area contributed by atoms with E-state index >= 15 is 0 Å². The van der Waals surface area contributed by atoms with Crippen molar-refractivity contribution in [1.29, 1.82) is 0 Å². The van der Waals surface area contributed by atoms with Gasteiger partial charge in [-0.05, 0) is 31.0 Å². The lowest BCUT2D eigenvalue weighted by molar-refractivity contribution is 0.0936. The number of hydrogen-bond donors (Lipinski definition) is 3. The Hall–Kier alpha value is -1.23. The standard InChI is InChI=1S/C12H14BrNO3/c13-9-2-1-3-10(9)14-12(17)8-6-7(15)4-5-11(8)16/h4-6,9-10,15-16H,1-3H2,(H,14,17). The summed E-state index contributed by atoms with van der Waals surface area (Å²) in [5.74, 6) is -0.506. The number of benzene rings is 1. The van der Waals surface area contributed by atoms with Gasteiger partial charge in [-0.15, -0.1) is 0 Å². The van der Waals surface area contributed by atoms with Crippen molar-refractivity contribution in [2.24, 2.45) is 0 Å². The van der Waals surface area contributed by atoms with Crippen LogP contribution in [0, 0.1) is 0 Å². The van der Waals surface area contributed by atoms with Crippen molar-refractivity contribution < 1.29 is 15.0 Å². The monoisotopic (exact) mass is 299 g/mol. The first-order valence-corrected chi connectivity index (χ1v) is 6.46. The Morgan fingerprint density at radius 1 is 1.35 bits per heavy atom. The van der Waals surface area contributed by atoms with E-state index < -0.39 is 0 Å². The van der Waals surface area contributed by atoms with Crippen molar-refractivity contribution in [3.63, 3.8) is 0 Å². The first-order valence-electron chi connectivity index (χ1n) is 5.55. The Balaban J connectivity index is 2.11. The Morgan fingerprint density at radius 3 is 2.76 bits per heavy atom. The second kappa shape index (κ2) is 4.96. The number of phenols is 2. The summed E-state index contributed by atoms with van der Waals surface area (Å²) in [5, 5.41) is 21.7. The van der Waals surface area contributed by atoms with E-state index in [0.717, 1.165) is 19.3 Å². The number of carbonyl (C=O) groups excluding carboxylic acids is 1. The fourth-order valence-electron chi connectivity index (χ4n) is 2.03. The van der Waals surface area contributed by atoms with Crippen molar-refractivity contribution in [1.82, 2.24) is 5.32 Å². The number of halogens is 1. The molecule has 0 spiro atoms. The van der Waals surface area contributed by atoms with Crippen LogP contribution in [0.5, 0.6) is 11.5 Å². The van der Waals surface area contributed by atoms with Gasteiger partial charge in [-0.1, -0.05) is 22.4 Å². The smallest absolute Gasteiger partial charge is 0.255 e. The van der Waals surface area contributed by atoms with E-state index in [1.165, 1.54) is 18.2 Å². The van der Waals surface area contributed by atoms with Gasteiger partial charge in [-0.2, -0.15) is 0 Å². The summed E-state index contributed by atoms with van der Waals surface area (Å²) >= 11 is 3.51. The molecule has 4 nitrogen and oxygen atoms in total. The Labute approximate surface area is 108 Å². The summed E-state index contributed by atoms with van der Waals surface area (Å²) in [5.41, 5.74) is 0.108. The van der Waals surface area contributed by atoms with Crippen LogP contribution in [0.25, 0.3) is 0 Å². The zero-order valence-corrected chi connectivity index (χ0v) is 10.8. The number of phenolic OH excluding ortho intramolecular Hbond substituents is 2. The van der Waals surface area contributed by atoms with Crippen molar-refractivity contribution in [2.45, 2.75) is 30.1 Å². The molecule has 5 heteroatoms. The molecule has 1 amide bonds. The van der Waals surface area contributed by atoms with Crippen LogP contribution in [0.1, 0.15) is 29.6 Å². The number of aromatic hydroxyl groups is 2. The first kappa shape index (κ1) is 12.2. The largest absolute Gasteiger partial charge is 0.508 e. The predicted octanol–water partition coefficient (Wildman–Crippen LogP) is 2.14. The molecule has 1 saturated carbocycles. The van der Waals surface area contributed by atoms with E-state index in [4.69, 9.17) is 0 Å². The second-order valence-corrected chi connectivity index (χ2v) is 5.40. The highest BCUT2D eigenvalue weighted by Gasteiger charge is 2.27. The highest BCUT2D eigenvalue weighted by Crippen LogP contribution is 2.27. The molecule has 3 N–H and O–H groups in total. The number of rotatable bonds is 2. The Kier molecular flexibility index (Phi) is 3.57. The van der Waals surface area contributed by atoms with Crippen molar-refractivity contribution in [3.8, 4) is 11.5 Å². The third-order valence-corrected chi connectivity index (χ3v) is 4.07. The molecule has 0 heterocycles. The minimum Gasteiger partial charge on any atom is -0.508 e. The lowest BCUT2D eigenvalue weighted by Crippen LogP contribution is -2.37. The Morgan fingerprint density at radius 2 is 2.12 bits per heavy atom. The van der Waals surface area contributed by atoms with Gasteiger partial charge in [-0.3, -0.25) is 4.79 Å². The maximum Gasteiger partial charge on any atom is 0.255 e. The van der Waals surface area contributed by atoms with Gasteiger partial charge in [-0.25, -0.2) is 0 Å². The molecule has 0 radical (unpaired) electrons. The normalized spacial score (nSPS) is 23.6. The van der Waals surface area contributed by atoms with Gasteiger partial charge in [0.2, 0.25) is 0 Å². The molecule has 1 aromatic carbocycles. The molecule has 1 fully saturated rings. The molecule has 2 atom stereocenters. The molecule has 1 aromatic rings. The molecule has 17 heavy (non-hydrogen) atoms. The van der Waals surface area contributed by atoms with Gasteiger partial charge in [0.25, 0.3) is 5.91 Å². The highest BCUT2D eigenvalue weighted by molar-refractivity contribution is 9.09. The van der Waals surface area contributed by atoms with Crippen LogP contribution in [-0.4, -0.2) is 27.0 Å². The van der Waals surface area contributed by atoms with E-state index in [1.54, 1.807) is 0 Å². The van der Waals surface area contributed by atoms with E-state index in [9.17, 15) is 15.0 Å². The van der Waals surface area contributed by atoms with Crippen molar-refractivity contribution in [2.75, 3.05) is 0 Å². The topological polar surface area (TPSA) is 69.6 Å². The van der Waals surface area contributed by atoms with Gasteiger partial charge >= 0.3 is 0 Å². The van der Waals surface area contributed by atoms with Crippen LogP contribution < -0.4 is 5.32 Å². The van der Waals surface area contributed by atoms with E-state index in [2.05, 4.69) is 21.2 Å². The van der Waals surface area contributed by atoms with E-state index in [0.29, 0.717) is 0 Å². The van der Waals surface area contributed by atoms with Crippen LogP contribution in [0.15, 0.2) is 18.2 Å². The third-order valence-electron chi connectivity index (χ3n) is 2.97. The number of alkyl halides is 1. The fraction of sp³-hybridized carbons (Fsp3) is 0.417. The van der Waals surface area contributed by atoms with Gasteiger partial charge in [0.05, 0.1) is 5.56 Å². The van der Waals surface area contributed by atoms with E-state index in [1.807, 2.05) is 0 Å². The lowest BCUT2D eigenvalue weighted by atomic mass is 10.1. The van der Waals surface area contributed by atoms with Crippen LogP contribution in [-0.2, 0) is 0 Å². The predicted molar refractivity (Wildman–Crippen MR) is 67.6 cm³/mol. The molecule has 1 aliphatic carbocycles. The zero-order chi connectivity index (χ0) is 12.4. The first-order chi connectivity index (χ1) is 8.08. The lowest BCUT2D eigenvalue weighted by Gasteiger charge is -2.16. The summed E-state index contributed by atoms with van der Waals surface area (Å²) in [7, 11) is 0. The maximum atomic E-state index is 11.9. The minimum atomic E-state index is -0.352. The molecule has 0 aliphatic heterocycles. The van der Waals surface area contributed by atoms with Crippen LogP contribution in [0.3, 0.4) is 0 Å². The van der Waals surface area contributed by atoms with E-state index in [-0.39, 0.29) is 33.8 Å². The molecular formula is C12H14BrNO3. The maximum absolute atomic E-state index is 11.9. The summed E-state index contributed by atoms with van der Waals surface area (Å²) < 4.78 is 0. The number of hydrogen-bond acceptors (Lipinski definition) is 3. The molecule has 0 bridgehead atoms. The molecule has 0 aromatic heterocycles. The van der Waals surface area contributed by atoms with Crippen molar-refractivity contribution >= 4 is 21.8 Å². The number of amides is 1. The summed E-state index contributed by atoms with van der Waals surface area (Å²) in [4.78, 5) is 12.2. The SMILES string of the molecule is O=C(NC1CCCC1Br)c1cc(O)ccc1O. The zero-order valence-electron chi connectivity index (χ0n) is 9.19. The summed E-state index contributed by atoms with van der Waals surface area (Å²) in [6.07, 6.45) is 3.05. The van der Waals surface area contributed by atoms with Gasteiger partial charge < -0.3 is 15.5 Å². The molecule has 0 saturated heterocycles. The van der Waals surface area contributed by atoms with Crippen LogP contribution >= 0.6 is 15.9 Å². The average molecular weight is 300 g/mol. The highest BCUT2D eigenvalue weighted by atomic mass is 79.9. The molecule has 2 unspecified atom stereocenters. The minimum absolute atomic E-state index is 0.0326. The number of nitrogens with one attached hydrogen (secondary N) is 1. The molecule has 1 aliphatic rings. The third kappa shape index (κ3) is 2.72. The van der Waals surface area contributed by atoms with Gasteiger partial charge in [0.1, 0.15) is 11.5 Å². The Bertz CT molecular complexity index is 436. The number of carbonyl (C=O) groups is 1. The van der Waals surface area contributed by atoms with Crippen molar-refractivity contribution in [3.05, 3.63) is 23.8 Å². The van der Waals surface area contributed by atoms with Gasteiger partial charge in [0.15, 0.2) is 0 Å².